The molecule has 0 atom stereocenters. The molecule has 0 radical (unpaired) electrons. The van der Waals surface area contributed by atoms with Gasteiger partial charge in [-0.1, -0.05) is 36.9 Å². The molecule has 2 rings (SSSR count). The fourth-order valence-corrected chi connectivity index (χ4v) is 3.52. The van der Waals surface area contributed by atoms with Gasteiger partial charge in [0.15, 0.2) is 5.78 Å². The maximum atomic E-state index is 12.3. The second-order valence-corrected chi connectivity index (χ2v) is 6.67. The largest absolute Gasteiger partial charge is 0.346 e. The summed E-state index contributed by atoms with van der Waals surface area (Å²) in [7, 11) is 0. The molecule has 0 saturated carbocycles. The number of aryl methyl sites for hydroxylation is 3. The number of carbonyl (C=O) groups is 2. The minimum absolute atomic E-state index is 0.0632. The third-order valence-electron chi connectivity index (χ3n) is 3.78. The van der Waals surface area contributed by atoms with Crippen LogP contribution in [0.1, 0.15) is 41.0 Å². The molecule has 2 N–H and O–H groups in total. The minimum atomic E-state index is -0.530. The van der Waals surface area contributed by atoms with E-state index in [1.807, 2.05) is 32.0 Å². The molecule has 132 valence electrons. The van der Waals surface area contributed by atoms with Gasteiger partial charge in [0.1, 0.15) is 5.03 Å². The number of anilines is 1. The highest BCUT2D eigenvalue weighted by molar-refractivity contribution is 8.00. The van der Waals surface area contributed by atoms with E-state index < -0.39 is 5.69 Å². The third-order valence-corrected chi connectivity index (χ3v) is 4.76. The van der Waals surface area contributed by atoms with Crippen LogP contribution in [-0.2, 0) is 11.2 Å². The van der Waals surface area contributed by atoms with Gasteiger partial charge in [-0.05, 0) is 38.3 Å². The van der Waals surface area contributed by atoms with Crippen LogP contribution >= 0.6 is 11.8 Å². The monoisotopic (exact) mass is 359 g/mol. The Morgan fingerprint density at radius 1 is 1.28 bits per heavy atom. The Bertz CT molecular complexity index is 874. The number of benzene rings is 1. The van der Waals surface area contributed by atoms with Crippen LogP contribution in [0.15, 0.2) is 28.0 Å². The van der Waals surface area contributed by atoms with E-state index in [0.29, 0.717) is 11.3 Å². The number of nitrogens with one attached hydrogen (secondary N) is 2. The molecule has 0 bridgehead atoms. The predicted molar refractivity (Wildman–Crippen MR) is 99.5 cm³/mol. The SMILES string of the molecule is CCc1cccc(C)c1NC(=O)CSc1nc(=O)[nH]c(C)c1C(C)=O. The first-order chi connectivity index (χ1) is 11.8. The van der Waals surface area contributed by atoms with Crippen LogP contribution in [0.2, 0.25) is 0 Å². The molecule has 0 spiro atoms. The first-order valence-corrected chi connectivity index (χ1v) is 8.95. The average molecular weight is 359 g/mol. The number of hydrogen-bond acceptors (Lipinski definition) is 5. The Balaban J connectivity index is 2.17. The standard InChI is InChI=1S/C18H21N3O3S/c1-5-13-8-6-7-10(2)16(13)20-14(23)9-25-17-15(12(4)22)11(3)19-18(24)21-17/h6-8H,5,9H2,1-4H3,(H,20,23)(H,19,21,24). The maximum absolute atomic E-state index is 12.3. The summed E-state index contributed by atoms with van der Waals surface area (Å²) in [5, 5.41) is 3.20. The number of carbonyl (C=O) groups excluding carboxylic acids is 2. The smallest absolute Gasteiger partial charge is 0.325 e. The number of nitrogens with zero attached hydrogens (tertiary/aromatic N) is 1. The summed E-state index contributed by atoms with van der Waals surface area (Å²) >= 11 is 1.09. The molecule has 0 aliphatic carbocycles. The van der Waals surface area contributed by atoms with Crippen LogP contribution in [0.5, 0.6) is 0 Å². The summed E-state index contributed by atoms with van der Waals surface area (Å²) < 4.78 is 0. The lowest BCUT2D eigenvalue weighted by atomic mass is 10.1. The highest BCUT2D eigenvalue weighted by atomic mass is 32.2. The van der Waals surface area contributed by atoms with Gasteiger partial charge in [0, 0.05) is 11.4 Å². The number of rotatable bonds is 6. The van der Waals surface area contributed by atoms with Crippen molar-refractivity contribution in [1.82, 2.24) is 9.97 Å². The number of thioether (sulfide) groups is 1. The first kappa shape index (κ1) is 18.9. The zero-order valence-electron chi connectivity index (χ0n) is 14.7. The molecule has 0 unspecified atom stereocenters. The van der Waals surface area contributed by atoms with Crippen molar-refractivity contribution >= 4 is 29.1 Å². The van der Waals surface area contributed by atoms with Gasteiger partial charge in [-0.3, -0.25) is 9.59 Å². The summed E-state index contributed by atoms with van der Waals surface area (Å²) in [5.41, 5.74) is 3.15. The summed E-state index contributed by atoms with van der Waals surface area (Å²) in [6, 6.07) is 5.88. The van der Waals surface area contributed by atoms with Crippen LogP contribution in [-0.4, -0.2) is 27.4 Å². The van der Waals surface area contributed by atoms with Crippen molar-refractivity contribution in [3.63, 3.8) is 0 Å². The molecular weight excluding hydrogens is 338 g/mol. The molecule has 7 heteroatoms. The van der Waals surface area contributed by atoms with Crippen LogP contribution in [0.3, 0.4) is 0 Å². The van der Waals surface area contributed by atoms with Gasteiger partial charge < -0.3 is 10.3 Å². The summed E-state index contributed by atoms with van der Waals surface area (Å²) in [6.07, 6.45) is 0.813. The lowest BCUT2D eigenvalue weighted by molar-refractivity contribution is -0.113. The molecule has 0 aliphatic rings. The van der Waals surface area contributed by atoms with Crippen molar-refractivity contribution < 1.29 is 9.59 Å². The van der Waals surface area contributed by atoms with E-state index in [1.54, 1.807) is 6.92 Å². The van der Waals surface area contributed by atoms with Gasteiger partial charge in [0.05, 0.1) is 11.3 Å². The second kappa shape index (κ2) is 8.11. The number of hydrogen-bond donors (Lipinski definition) is 2. The van der Waals surface area contributed by atoms with Crippen LogP contribution in [0.25, 0.3) is 0 Å². The molecule has 1 aromatic heterocycles. The molecule has 2 aromatic rings. The first-order valence-electron chi connectivity index (χ1n) is 7.96. The van der Waals surface area contributed by atoms with Crippen molar-refractivity contribution in [2.24, 2.45) is 0 Å². The zero-order chi connectivity index (χ0) is 18.6. The Hall–Kier alpha value is -2.41. The highest BCUT2D eigenvalue weighted by Crippen LogP contribution is 2.24. The quantitative estimate of drug-likeness (QED) is 0.470. The van der Waals surface area contributed by atoms with E-state index in [9.17, 15) is 14.4 Å². The molecular formula is C18H21N3O3S. The third kappa shape index (κ3) is 4.57. The van der Waals surface area contributed by atoms with Crippen molar-refractivity contribution in [2.45, 2.75) is 39.1 Å². The Morgan fingerprint density at radius 3 is 2.64 bits per heavy atom. The molecule has 1 heterocycles. The zero-order valence-corrected chi connectivity index (χ0v) is 15.5. The number of H-pyrrole nitrogens is 1. The van der Waals surface area contributed by atoms with Gasteiger partial charge in [0.2, 0.25) is 5.91 Å². The molecule has 6 nitrogen and oxygen atoms in total. The number of ketones is 1. The van der Waals surface area contributed by atoms with E-state index >= 15 is 0 Å². The maximum Gasteiger partial charge on any atom is 0.346 e. The van der Waals surface area contributed by atoms with E-state index in [1.165, 1.54) is 6.92 Å². The highest BCUT2D eigenvalue weighted by Gasteiger charge is 2.16. The average Bonchev–Trinajstić information content (AvgIpc) is 2.53. The summed E-state index contributed by atoms with van der Waals surface area (Å²) in [5.74, 6) is -0.340. The molecule has 0 saturated heterocycles. The number of aromatic nitrogens is 2. The lowest BCUT2D eigenvalue weighted by Gasteiger charge is -2.13. The predicted octanol–water partition coefficient (Wildman–Crippen LogP) is 2.88. The van der Waals surface area contributed by atoms with E-state index in [4.69, 9.17) is 0 Å². The normalized spacial score (nSPS) is 10.6. The van der Waals surface area contributed by atoms with E-state index in [2.05, 4.69) is 15.3 Å². The molecule has 1 aromatic carbocycles. The minimum Gasteiger partial charge on any atom is -0.325 e. The molecule has 1 amide bonds. The van der Waals surface area contributed by atoms with Gasteiger partial charge in [-0.25, -0.2) is 4.79 Å². The van der Waals surface area contributed by atoms with Crippen LogP contribution < -0.4 is 11.0 Å². The van der Waals surface area contributed by atoms with E-state index in [-0.39, 0.29) is 22.5 Å². The topological polar surface area (TPSA) is 91.9 Å². The Labute approximate surface area is 150 Å². The fraction of sp³-hybridized carbons (Fsp3) is 0.333. The molecule has 0 fully saturated rings. The lowest BCUT2D eigenvalue weighted by Crippen LogP contribution is -2.20. The fourth-order valence-electron chi connectivity index (χ4n) is 2.59. The van der Waals surface area contributed by atoms with Gasteiger partial charge in [0.25, 0.3) is 0 Å². The van der Waals surface area contributed by atoms with Crippen molar-refractivity contribution in [2.75, 3.05) is 11.1 Å². The van der Waals surface area contributed by atoms with Crippen molar-refractivity contribution in [3.05, 3.63) is 51.1 Å². The molecule has 25 heavy (non-hydrogen) atoms. The Kier molecular flexibility index (Phi) is 6.14. The Morgan fingerprint density at radius 2 is 2.00 bits per heavy atom. The summed E-state index contributed by atoms with van der Waals surface area (Å²) in [4.78, 5) is 42.0. The van der Waals surface area contributed by atoms with Gasteiger partial charge >= 0.3 is 5.69 Å². The molecule has 0 aliphatic heterocycles. The second-order valence-electron chi connectivity index (χ2n) is 5.70. The van der Waals surface area contributed by atoms with Crippen LogP contribution in [0, 0.1) is 13.8 Å². The number of amides is 1. The van der Waals surface area contributed by atoms with Gasteiger partial charge in [-0.2, -0.15) is 4.98 Å². The summed E-state index contributed by atoms with van der Waals surface area (Å²) in [6.45, 7) is 7.02. The number of Topliss-reactive ketones (excluding diaryl/α,β-unsaturated/α-hetero) is 1. The van der Waals surface area contributed by atoms with Crippen LogP contribution in [0.4, 0.5) is 5.69 Å². The van der Waals surface area contributed by atoms with Gasteiger partial charge in [-0.15, -0.1) is 0 Å². The number of para-hydroxylation sites is 1. The number of aromatic amines is 1. The van der Waals surface area contributed by atoms with Crippen molar-refractivity contribution in [3.8, 4) is 0 Å². The van der Waals surface area contributed by atoms with Crippen molar-refractivity contribution in [1.29, 1.82) is 0 Å². The van der Waals surface area contributed by atoms with E-state index in [0.717, 1.165) is 35.0 Å².